The predicted octanol–water partition coefficient (Wildman–Crippen LogP) is 4.34. The Kier molecular flexibility index (Phi) is 9.66. The minimum Gasteiger partial charge on any atom is -0.304 e. The summed E-state index contributed by atoms with van der Waals surface area (Å²) in [4.78, 5) is 19.1. The van der Waals surface area contributed by atoms with E-state index >= 15 is 0 Å². The minimum absolute atomic E-state index is 0.0488. The zero-order chi connectivity index (χ0) is 27.8. The number of rotatable bonds is 14. The van der Waals surface area contributed by atoms with Crippen molar-refractivity contribution < 1.29 is 13.2 Å². The van der Waals surface area contributed by atoms with Gasteiger partial charge in [0, 0.05) is 24.9 Å². The lowest BCUT2D eigenvalue weighted by atomic mass is 10.1. The van der Waals surface area contributed by atoms with Crippen LogP contribution in [0.4, 0.5) is 0 Å². The van der Waals surface area contributed by atoms with Crippen LogP contribution in [-0.4, -0.2) is 64.4 Å². The molecular formula is C29H38N6O3S. The van der Waals surface area contributed by atoms with E-state index in [-0.39, 0.29) is 11.7 Å². The van der Waals surface area contributed by atoms with E-state index in [0.717, 1.165) is 41.7 Å². The first kappa shape index (κ1) is 28.7. The van der Waals surface area contributed by atoms with Crippen molar-refractivity contribution in [3.63, 3.8) is 0 Å². The molecule has 2 N–H and O–H groups in total. The van der Waals surface area contributed by atoms with Gasteiger partial charge in [0.25, 0.3) is 0 Å². The van der Waals surface area contributed by atoms with E-state index in [9.17, 15) is 13.2 Å². The largest absolute Gasteiger partial charge is 0.304 e. The number of aromatic amines is 1. The zero-order valence-corrected chi connectivity index (χ0v) is 23.7. The second-order valence-corrected chi connectivity index (χ2v) is 11.6. The molecular weight excluding hydrogens is 512 g/mol. The van der Waals surface area contributed by atoms with Crippen LogP contribution in [0.3, 0.4) is 0 Å². The Morgan fingerprint density at radius 3 is 2.51 bits per heavy atom. The number of benzene rings is 2. The number of para-hydroxylation sites is 1. The number of carbonyl (C=O) groups excluding carboxylic acids is 1. The Labute approximate surface area is 230 Å². The smallest absolute Gasteiger partial charge is 0.227 e. The van der Waals surface area contributed by atoms with Gasteiger partial charge in [-0.3, -0.25) is 14.5 Å². The van der Waals surface area contributed by atoms with Gasteiger partial charge in [-0.25, -0.2) is 18.1 Å². The van der Waals surface area contributed by atoms with Gasteiger partial charge in [0.1, 0.15) is 5.82 Å². The summed E-state index contributed by atoms with van der Waals surface area (Å²) in [7, 11) is -3.54. The normalized spacial score (nSPS) is 12.8. The summed E-state index contributed by atoms with van der Waals surface area (Å²) >= 11 is 0. The summed E-state index contributed by atoms with van der Waals surface area (Å²) in [5.74, 6) is 1.02. The van der Waals surface area contributed by atoms with E-state index in [1.54, 1.807) is 4.57 Å². The van der Waals surface area contributed by atoms with Gasteiger partial charge in [-0.2, -0.15) is 5.10 Å². The third kappa shape index (κ3) is 7.62. The van der Waals surface area contributed by atoms with Crippen molar-refractivity contribution in [3.05, 3.63) is 83.6 Å². The molecule has 0 aliphatic rings. The lowest BCUT2D eigenvalue weighted by Gasteiger charge is -2.19. The first-order valence-corrected chi connectivity index (χ1v) is 15.2. The Hall–Kier alpha value is -3.34. The van der Waals surface area contributed by atoms with Crippen molar-refractivity contribution in [2.24, 2.45) is 0 Å². The summed E-state index contributed by atoms with van der Waals surface area (Å²) < 4.78 is 30.6. The number of hydrogen-bond donors (Lipinski definition) is 2. The highest BCUT2D eigenvalue weighted by atomic mass is 32.2. The molecule has 2 aromatic carbocycles. The van der Waals surface area contributed by atoms with Crippen LogP contribution >= 0.6 is 0 Å². The molecule has 10 heteroatoms. The summed E-state index contributed by atoms with van der Waals surface area (Å²) in [6, 6.07) is 17.2. The molecule has 2 heterocycles. The Morgan fingerprint density at radius 2 is 1.79 bits per heavy atom. The van der Waals surface area contributed by atoms with E-state index in [4.69, 9.17) is 4.98 Å². The van der Waals surface area contributed by atoms with Gasteiger partial charge < -0.3 is 4.90 Å². The molecule has 0 saturated carbocycles. The minimum atomic E-state index is -3.54. The summed E-state index contributed by atoms with van der Waals surface area (Å²) in [5.41, 5.74) is 2.91. The average Bonchev–Trinajstić information content (AvgIpc) is 3.55. The molecule has 0 saturated heterocycles. The molecule has 4 rings (SSSR count). The first-order chi connectivity index (χ1) is 18.8. The number of nitrogens with one attached hydrogen (secondary N) is 2. The van der Waals surface area contributed by atoms with Gasteiger partial charge in [-0.1, -0.05) is 62.4 Å². The number of aromatic nitrogens is 4. The van der Waals surface area contributed by atoms with Crippen molar-refractivity contribution in [3.8, 4) is 0 Å². The fourth-order valence-corrected chi connectivity index (χ4v) is 6.15. The third-order valence-corrected chi connectivity index (χ3v) is 8.49. The maximum Gasteiger partial charge on any atom is 0.227 e. The SMILES string of the molecule is CCN(CC)CCCS(=O)(=O)N[C@H](CCc1ccccc1)c1n[nH]c(Cc2cn(C(C)=O)c3ccccc23)n1. The van der Waals surface area contributed by atoms with Crippen LogP contribution in [0.25, 0.3) is 10.9 Å². The fraction of sp³-hybridized carbons (Fsp3) is 0.414. The second kappa shape index (κ2) is 13.1. The topological polar surface area (TPSA) is 113 Å². The molecule has 0 unspecified atom stereocenters. The molecule has 0 amide bonds. The lowest BCUT2D eigenvalue weighted by molar-refractivity contribution is 0.0941. The van der Waals surface area contributed by atoms with Crippen LogP contribution in [0.15, 0.2) is 60.8 Å². The van der Waals surface area contributed by atoms with Crippen LogP contribution in [0, 0.1) is 0 Å². The maximum atomic E-state index is 13.1. The van der Waals surface area contributed by atoms with E-state index in [2.05, 4.69) is 33.7 Å². The Bertz CT molecular complexity index is 1480. The Morgan fingerprint density at radius 1 is 1.08 bits per heavy atom. The molecule has 208 valence electrons. The van der Waals surface area contributed by atoms with Gasteiger partial charge in [-0.05, 0) is 56.1 Å². The van der Waals surface area contributed by atoms with E-state index in [1.165, 1.54) is 6.92 Å². The van der Waals surface area contributed by atoms with E-state index in [1.807, 2.05) is 60.8 Å². The van der Waals surface area contributed by atoms with Crippen molar-refractivity contribution in [2.45, 2.75) is 52.5 Å². The van der Waals surface area contributed by atoms with E-state index in [0.29, 0.717) is 37.3 Å². The number of H-pyrrole nitrogens is 1. The van der Waals surface area contributed by atoms with Crippen LogP contribution < -0.4 is 4.72 Å². The highest BCUT2D eigenvalue weighted by Gasteiger charge is 2.24. The van der Waals surface area contributed by atoms with Gasteiger partial charge in [0.15, 0.2) is 5.82 Å². The zero-order valence-electron chi connectivity index (χ0n) is 22.9. The summed E-state index contributed by atoms with van der Waals surface area (Å²) in [6.07, 6.45) is 4.04. The van der Waals surface area contributed by atoms with Crippen molar-refractivity contribution in [1.29, 1.82) is 0 Å². The molecule has 4 aromatic rings. The monoisotopic (exact) mass is 550 g/mol. The third-order valence-electron chi connectivity index (χ3n) is 7.02. The average molecular weight is 551 g/mol. The molecule has 0 fully saturated rings. The van der Waals surface area contributed by atoms with Crippen LogP contribution in [0.5, 0.6) is 0 Å². The molecule has 0 spiro atoms. The van der Waals surface area contributed by atoms with Gasteiger partial charge in [0.2, 0.25) is 15.9 Å². The summed E-state index contributed by atoms with van der Waals surface area (Å²) in [5, 5.41) is 8.39. The summed E-state index contributed by atoms with van der Waals surface area (Å²) in [6.45, 7) is 8.22. The van der Waals surface area contributed by atoms with Crippen molar-refractivity contribution >= 4 is 26.8 Å². The Balaban J connectivity index is 1.52. The van der Waals surface area contributed by atoms with Gasteiger partial charge in [0.05, 0.1) is 17.3 Å². The number of aryl methyl sites for hydroxylation is 1. The first-order valence-electron chi connectivity index (χ1n) is 13.6. The van der Waals surface area contributed by atoms with Crippen LogP contribution in [-0.2, 0) is 22.9 Å². The number of carbonyl (C=O) groups is 1. The van der Waals surface area contributed by atoms with Crippen LogP contribution in [0.1, 0.15) is 67.2 Å². The van der Waals surface area contributed by atoms with E-state index < -0.39 is 16.1 Å². The molecule has 39 heavy (non-hydrogen) atoms. The second-order valence-electron chi connectivity index (χ2n) is 9.77. The number of fused-ring (bicyclic) bond motifs is 1. The number of hydrogen-bond acceptors (Lipinski definition) is 6. The molecule has 0 bridgehead atoms. The number of nitrogens with zero attached hydrogens (tertiary/aromatic N) is 4. The molecule has 0 radical (unpaired) electrons. The fourth-order valence-electron chi connectivity index (χ4n) is 4.87. The highest BCUT2D eigenvalue weighted by molar-refractivity contribution is 7.89. The van der Waals surface area contributed by atoms with Crippen LogP contribution in [0.2, 0.25) is 0 Å². The predicted molar refractivity (Wildman–Crippen MR) is 154 cm³/mol. The standard InChI is InChI=1S/C29H38N6O3S/c1-4-34(5-2)18-11-19-39(37,38)33-26(17-16-23-12-7-6-8-13-23)29-30-28(31-32-29)20-24-21-35(22(3)36)27-15-10-9-14-25(24)27/h6-10,12-15,21,26,33H,4-5,11,16-20H2,1-3H3,(H,30,31,32)/t26-/m1/s1. The maximum absolute atomic E-state index is 13.1. The molecule has 1 atom stereocenters. The molecule has 0 aliphatic heterocycles. The van der Waals surface area contributed by atoms with Gasteiger partial charge >= 0.3 is 0 Å². The number of sulfonamides is 1. The molecule has 2 aromatic heterocycles. The van der Waals surface area contributed by atoms with Gasteiger partial charge in [-0.15, -0.1) is 0 Å². The highest BCUT2D eigenvalue weighted by Crippen LogP contribution is 2.24. The lowest BCUT2D eigenvalue weighted by Crippen LogP contribution is -2.33. The van der Waals surface area contributed by atoms with Crippen molar-refractivity contribution in [1.82, 2.24) is 29.4 Å². The molecule has 9 nitrogen and oxygen atoms in total. The quantitative estimate of drug-likeness (QED) is 0.242. The molecule has 0 aliphatic carbocycles. The van der Waals surface area contributed by atoms with Crippen molar-refractivity contribution in [2.75, 3.05) is 25.4 Å².